The van der Waals surface area contributed by atoms with Crippen LogP contribution in [0.1, 0.15) is 6.42 Å². The number of amides is 1. The number of halogens is 2. The molecular weight excluding hydrogens is 281 g/mol. The van der Waals surface area contributed by atoms with E-state index >= 15 is 0 Å². The highest BCUT2D eigenvalue weighted by molar-refractivity contribution is 7.98. The van der Waals surface area contributed by atoms with Gasteiger partial charge in [0.1, 0.15) is 11.0 Å². The zero-order valence-corrected chi connectivity index (χ0v) is 11.5. The summed E-state index contributed by atoms with van der Waals surface area (Å²) >= 11 is 13.1. The fourth-order valence-electron chi connectivity index (χ4n) is 1.72. The molecule has 2 heterocycles. The molecule has 0 saturated carbocycles. The molecule has 0 radical (unpaired) electrons. The third-order valence-corrected chi connectivity index (χ3v) is 3.72. The molecule has 1 aromatic rings. The van der Waals surface area contributed by atoms with Crippen molar-refractivity contribution in [2.45, 2.75) is 11.6 Å². The summed E-state index contributed by atoms with van der Waals surface area (Å²) in [4.78, 5) is 21.8. The van der Waals surface area contributed by atoms with Crippen LogP contribution in [0.5, 0.6) is 0 Å². The van der Waals surface area contributed by atoms with Gasteiger partial charge >= 0.3 is 0 Å². The van der Waals surface area contributed by atoms with Crippen molar-refractivity contribution in [3.05, 3.63) is 11.2 Å². The number of anilines is 1. The Morgan fingerprint density at radius 2 is 2.35 bits per heavy atom. The normalized spacial score (nSPS) is 20.1. The summed E-state index contributed by atoms with van der Waals surface area (Å²) in [6.07, 6.45) is 2.34. The first-order valence-electron chi connectivity index (χ1n) is 5.09. The average Bonchev–Trinajstić information content (AvgIpc) is 2.69. The van der Waals surface area contributed by atoms with Crippen LogP contribution < -0.4 is 4.90 Å². The Hall–Kier alpha value is -0.520. The predicted molar refractivity (Wildman–Crippen MR) is 70.0 cm³/mol. The van der Waals surface area contributed by atoms with Crippen molar-refractivity contribution in [3.63, 3.8) is 0 Å². The van der Waals surface area contributed by atoms with E-state index in [0.717, 1.165) is 0 Å². The van der Waals surface area contributed by atoms with E-state index < -0.39 is 0 Å². The summed E-state index contributed by atoms with van der Waals surface area (Å²) in [5.74, 6) is 1.27. The molecule has 92 valence electrons. The molecule has 1 aromatic heterocycles. The van der Waals surface area contributed by atoms with Gasteiger partial charge in [0.25, 0.3) is 0 Å². The van der Waals surface area contributed by atoms with Crippen molar-refractivity contribution < 1.29 is 4.79 Å². The van der Waals surface area contributed by atoms with E-state index in [2.05, 4.69) is 9.97 Å². The Kier molecular flexibility index (Phi) is 4.12. The Labute approximate surface area is 114 Å². The number of nitrogens with zero attached hydrogens (tertiary/aromatic N) is 3. The first-order valence-corrected chi connectivity index (χ1v) is 7.22. The van der Waals surface area contributed by atoms with Gasteiger partial charge in [0, 0.05) is 24.9 Å². The lowest BCUT2D eigenvalue weighted by Gasteiger charge is -2.15. The van der Waals surface area contributed by atoms with E-state index in [9.17, 15) is 4.79 Å². The van der Waals surface area contributed by atoms with Crippen LogP contribution in [-0.2, 0) is 4.79 Å². The van der Waals surface area contributed by atoms with Crippen molar-refractivity contribution in [1.82, 2.24) is 9.97 Å². The Balaban J connectivity index is 2.28. The maximum atomic E-state index is 11.8. The van der Waals surface area contributed by atoms with Gasteiger partial charge in [0.2, 0.25) is 5.91 Å². The van der Waals surface area contributed by atoms with Crippen molar-refractivity contribution in [2.24, 2.45) is 5.92 Å². The van der Waals surface area contributed by atoms with Crippen LogP contribution in [0.15, 0.2) is 11.2 Å². The van der Waals surface area contributed by atoms with Gasteiger partial charge in [-0.3, -0.25) is 9.69 Å². The van der Waals surface area contributed by atoms with Gasteiger partial charge in [-0.25, -0.2) is 9.97 Å². The molecule has 0 bridgehead atoms. The van der Waals surface area contributed by atoms with Gasteiger partial charge in [-0.15, -0.1) is 11.6 Å². The monoisotopic (exact) mass is 291 g/mol. The smallest absolute Gasteiger partial charge is 0.228 e. The molecule has 1 atom stereocenters. The van der Waals surface area contributed by atoms with Crippen LogP contribution in [0.4, 0.5) is 5.82 Å². The molecule has 1 amide bonds. The molecule has 17 heavy (non-hydrogen) atoms. The standard InChI is InChI=1S/C10H11Cl2N3OS/c1-17-10-13-7(12)3-8(14-10)15-5-6(4-11)2-9(15)16/h3,6H,2,4-5H2,1H3. The summed E-state index contributed by atoms with van der Waals surface area (Å²) in [5, 5.41) is 0.913. The predicted octanol–water partition coefficient (Wildman–Crippen LogP) is 2.44. The molecule has 1 aliphatic heterocycles. The first kappa shape index (κ1) is 12.9. The lowest BCUT2D eigenvalue weighted by atomic mass is 10.2. The maximum Gasteiger partial charge on any atom is 0.228 e. The average molecular weight is 292 g/mol. The summed E-state index contributed by atoms with van der Waals surface area (Å²) in [5.41, 5.74) is 0. The van der Waals surface area contributed by atoms with E-state index in [1.807, 2.05) is 6.26 Å². The van der Waals surface area contributed by atoms with Crippen LogP contribution in [0.25, 0.3) is 0 Å². The Bertz CT molecular complexity index is 444. The molecule has 0 aromatic carbocycles. The van der Waals surface area contributed by atoms with Gasteiger partial charge < -0.3 is 0 Å². The van der Waals surface area contributed by atoms with E-state index in [-0.39, 0.29) is 11.8 Å². The molecule has 2 rings (SSSR count). The van der Waals surface area contributed by atoms with Crippen LogP contribution in [0, 0.1) is 5.92 Å². The molecule has 7 heteroatoms. The van der Waals surface area contributed by atoms with E-state index in [1.54, 1.807) is 11.0 Å². The molecule has 1 aliphatic rings. The molecule has 0 spiro atoms. The van der Waals surface area contributed by atoms with Crippen LogP contribution in [0.2, 0.25) is 5.15 Å². The van der Waals surface area contributed by atoms with E-state index in [1.165, 1.54) is 11.8 Å². The van der Waals surface area contributed by atoms with Gasteiger partial charge in [0.15, 0.2) is 5.16 Å². The zero-order chi connectivity index (χ0) is 12.4. The maximum absolute atomic E-state index is 11.8. The molecule has 1 unspecified atom stereocenters. The van der Waals surface area contributed by atoms with Crippen LogP contribution in [0.3, 0.4) is 0 Å². The zero-order valence-electron chi connectivity index (χ0n) is 9.19. The molecular formula is C10H11Cl2N3OS. The Morgan fingerprint density at radius 3 is 2.94 bits per heavy atom. The number of aromatic nitrogens is 2. The van der Waals surface area contributed by atoms with Crippen LogP contribution >= 0.6 is 35.0 Å². The largest absolute Gasteiger partial charge is 0.296 e. The first-order chi connectivity index (χ1) is 8.13. The number of rotatable bonds is 3. The lowest BCUT2D eigenvalue weighted by Crippen LogP contribution is -2.26. The van der Waals surface area contributed by atoms with Gasteiger partial charge in [0.05, 0.1) is 0 Å². The summed E-state index contributed by atoms with van der Waals surface area (Å²) in [6.45, 7) is 0.601. The second-order valence-corrected chi connectivity index (χ2v) is 5.23. The number of alkyl halides is 1. The number of carbonyl (C=O) groups is 1. The van der Waals surface area contributed by atoms with Crippen molar-refractivity contribution in [3.8, 4) is 0 Å². The number of hydrogen-bond donors (Lipinski definition) is 0. The lowest BCUT2D eigenvalue weighted by molar-refractivity contribution is -0.117. The minimum atomic E-state index is 0.0393. The van der Waals surface area contributed by atoms with Crippen molar-refractivity contribution in [2.75, 3.05) is 23.6 Å². The van der Waals surface area contributed by atoms with E-state index in [0.29, 0.717) is 35.0 Å². The third kappa shape index (κ3) is 2.84. The third-order valence-electron chi connectivity index (χ3n) is 2.54. The van der Waals surface area contributed by atoms with Crippen LogP contribution in [-0.4, -0.2) is 34.6 Å². The summed E-state index contributed by atoms with van der Waals surface area (Å²) < 4.78 is 0. The molecule has 0 aliphatic carbocycles. The molecule has 1 fully saturated rings. The number of carbonyl (C=O) groups excluding carboxylic acids is 1. The fraction of sp³-hybridized carbons (Fsp3) is 0.500. The number of thioether (sulfide) groups is 1. The summed E-state index contributed by atoms with van der Waals surface area (Å²) in [6, 6.07) is 1.61. The highest BCUT2D eigenvalue weighted by Gasteiger charge is 2.31. The molecule has 1 saturated heterocycles. The second-order valence-electron chi connectivity index (χ2n) is 3.76. The SMILES string of the molecule is CSc1nc(Cl)cc(N2CC(CCl)CC2=O)n1. The minimum Gasteiger partial charge on any atom is -0.296 e. The second kappa shape index (κ2) is 5.42. The van der Waals surface area contributed by atoms with Crippen molar-refractivity contribution >= 4 is 46.7 Å². The quantitative estimate of drug-likeness (QED) is 0.371. The van der Waals surface area contributed by atoms with Gasteiger partial charge in [-0.1, -0.05) is 23.4 Å². The van der Waals surface area contributed by atoms with E-state index in [4.69, 9.17) is 23.2 Å². The highest BCUT2D eigenvalue weighted by atomic mass is 35.5. The molecule has 4 nitrogen and oxygen atoms in total. The highest BCUT2D eigenvalue weighted by Crippen LogP contribution is 2.27. The molecule has 0 N–H and O–H groups in total. The topological polar surface area (TPSA) is 46.1 Å². The van der Waals surface area contributed by atoms with Crippen molar-refractivity contribution in [1.29, 1.82) is 0 Å². The summed E-state index contributed by atoms with van der Waals surface area (Å²) in [7, 11) is 0. The van der Waals surface area contributed by atoms with Gasteiger partial charge in [-0.2, -0.15) is 0 Å². The fourth-order valence-corrected chi connectivity index (χ4v) is 2.53. The Morgan fingerprint density at radius 1 is 1.59 bits per heavy atom. The minimum absolute atomic E-state index is 0.0393. The van der Waals surface area contributed by atoms with Gasteiger partial charge in [-0.05, 0) is 12.2 Å². The number of hydrogen-bond acceptors (Lipinski definition) is 4.